The van der Waals surface area contributed by atoms with Crippen LogP contribution in [0, 0.1) is 11.3 Å². The van der Waals surface area contributed by atoms with Crippen molar-refractivity contribution in [3.63, 3.8) is 0 Å². The molecule has 1 aliphatic carbocycles. The van der Waals surface area contributed by atoms with Gasteiger partial charge in [-0.1, -0.05) is 55.2 Å². The summed E-state index contributed by atoms with van der Waals surface area (Å²) in [4.78, 5) is 37.8. The lowest BCUT2D eigenvalue weighted by molar-refractivity contribution is -0.126. The molecule has 0 saturated heterocycles. The van der Waals surface area contributed by atoms with Crippen molar-refractivity contribution in [2.24, 2.45) is 0 Å². The fourth-order valence-electron chi connectivity index (χ4n) is 3.82. The fourth-order valence-corrected chi connectivity index (χ4v) is 4.78. The Bertz CT molecular complexity index is 1090. The molecule has 1 fully saturated rings. The van der Waals surface area contributed by atoms with Gasteiger partial charge in [0.2, 0.25) is 5.91 Å². The van der Waals surface area contributed by atoms with Gasteiger partial charge in [-0.05, 0) is 32.3 Å². The van der Waals surface area contributed by atoms with Gasteiger partial charge in [-0.25, -0.2) is 4.79 Å². The molecule has 0 spiro atoms. The van der Waals surface area contributed by atoms with Crippen molar-refractivity contribution < 1.29 is 19.1 Å². The van der Waals surface area contributed by atoms with Crippen molar-refractivity contribution >= 4 is 34.1 Å². The summed E-state index contributed by atoms with van der Waals surface area (Å²) in [6.45, 7) is 3.10. The van der Waals surface area contributed by atoms with E-state index in [2.05, 4.69) is 16.7 Å². The second-order valence-corrected chi connectivity index (χ2v) is 9.19. The number of benzene rings is 1. The number of carbonyl (C=O) groups is 3. The normalized spacial score (nSPS) is 14.5. The first kappa shape index (κ1) is 24.2. The number of rotatable bonds is 7. The minimum absolute atomic E-state index is 0.196. The maximum Gasteiger partial charge on any atom is 0.342 e. The average Bonchev–Trinajstić information content (AvgIpc) is 3.21. The molecule has 2 amide bonds. The Kier molecular flexibility index (Phi) is 8.01. The van der Waals surface area contributed by atoms with Crippen molar-refractivity contribution in [2.75, 3.05) is 11.9 Å². The highest BCUT2D eigenvalue weighted by Crippen LogP contribution is 2.36. The molecule has 0 radical (unpaired) electrons. The Hall–Kier alpha value is -3.44. The van der Waals surface area contributed by atoms with Crippen molar-refractivity contribution in [1.29, 1.82) is 5.26 Å². The maximum absolute atomic E-state index is 13.0. The molecular weight excluding hydrogens is 438 g/mol. The lowest BCUT2D eigenvalue weighted by Crippen LogP contribution is -2.50. The average molecular weight is 466 g/mol. The number of anilines is 1. The Morgan fingerprint density at radius 2 is 1.85 bits per heavy atom. The Morgan fingerprint density at radius 1 is 1.15 bits per heavy atom. The van der Waals surface area contributed by atoms with Crippen LogP contribution in [0.15, 0.2) is 47.4 Å². The van der Waals surface area contributed by atoms with Gasteiger partial charge in [0, 0.05) is 17.0 Å². The van der Waals surface area contributed by atoms with E-state index in [-0.39, 0.29) is 11.5 Å². The number of carbonyl (C=O) groups excluding carboxylic acids is 3. The Labute approximate surface area is 197 Å². The second kappa shape index (κ2) is 10.9. The SMILES string of the molecule is CC(C)=CC(=O)Nc1scc(-c2ccccc2)c1C(=O)OCC(=O)NC1(C#N)CCCCC1. The molecule has 0 bridgehead atoms. The van der Waals surface area contributed by atoms with Crippen LogP contribution in [0.25, 0.3) is 11.1 Å². The minimum Gasteiger partial charge on any atom is -0.452 e. The van der Waals surface area contributed by atoms with E-state index in [1.165, 1.54) is 17.4 Å². The summed E-state index contributed by atoms with van der Waals surface area (Å²) in [5.41, 5.74) is 1.52. The van der Waals surface area contributed by atoms with Gasteiger partial charge in [0.25, 0.3) is 5.91 Å². The Balaban J connectivity index is 1.78. The van der Waals surface area contributed by atoms with Crippen LogP contribution < -0.4 is 10.6 Å². The van der Waals surface area contributed by atoms with E-state index in [0.717, 1.165) is 30.4 Å². The summed E-state index contributed by atoms with van der Waals surface area (Å²) in [7, 11) is 0. The highest BCUT2D eigenvalue weighted by atomic mass is 32.1. The van der Waals surface area contributed by atoms with E-state index in [1.807, 2.05) is 30.3 Å². The number of ether oxygens (including phenoxy) is 1. The van der Waals surface area contributed by atoms with Gasteiger partial charge in [0.05, 0.1) is 6.07 Å². The monoisotopic (exact) mass is 465 g/mol. The number of nitrogens with one attached hydrogen (secondary N) is 2. The molecule has 2 aromatic rings. The standard InChI is InChI=1S/C25H27N3O4S/c1-17(2)13-20(29)27-23-22(19(15-33-23)18-9-5-3-6-10-18)24(31)32-14-21(30)28-25(16-26)11-7-4-8-12-25/h3,5-6,9-10,13,15H,4,7-8,11-12,14H2,1-2H3,(H,27,29)(H,28,30). The molecular formula is C25H27N3O4S. The molecule has 1 heterocycles. The summed E-state index contributed by atoms with van der Waals surface area (Å²) >= 11 is 1.21. The number of hydrogen-bond donors (Lipinski definition) is 2. The third-order valence-electron chi connectivity index (χ3n) is 5.37. The molecule has 0 unspecified atom stereocenters. The molecule has 1 aromatic carbocycles. The summed E-state index contributed by atoms with van der Waals surface area (Å²) in [6.07, 6.45) is 5.40. The van der Waals surface area contributed by atoms with Crippen LogP contribution in [-0.2, 0) is 14.3 Å². The largest absolute Gasteiger partial charge is 0.452 e. The number of thiophene rings is 1. The van der Waals surface area contributed by atoms with Gasteiger partial charge in [-0.2, -0.15) is 5.26 Å². The zero-order valence-electron chi connectivity index (χ0n) is 18.8. The molecule has 172 valence electrons. The zero-order chi connectivity index (χ0) is 23.8. The fraction of sp³-hybridized carbons (Fsp3) is 0.360. The number of nitrogens with zero attached hydrogens (tertiary/aromatic N) is 1. The van der Waals surface area contributed by atoms with E-state index in [0.29, 0.717) is 23.4 Å². The van der Waals surface area contributed by atoms with E-state index in [9.17, 15) is 19.6 Å². The second-order valence-electron chi connectivity index (χ2n) is 8.31. The number of allylic oxidation sites excluding steroid dienone is 1. The molecule has 3 rings (SSSR count). The molecule has 2 N–H and O–H groups in total. The summed E-state index contributed by atoms with van der Waals surface area (Å²) < 4.78 is 5.32. The van der Waals surface area contributed by atoms with Crippen LogP contribution in [0.2, 0.25) is 0 Å². The van der Waals surface area contributed by atoms with Gasteiger partial charge in [-0.3, -0.25) is 9.59 Å². The molecule has 1 aliphatic rings. The van der Waals surface area contributed by atoms with Gasteiger partial charge in [0.15, 0.2) is 6.61 Å². The van der Waals surface area contributed by atoms with Gasteiger partial charge < -0.3 is 15.4 Å². The summed E-state index contributed by atoms with van der Waals surface area (Å²) in [6, 6.07) is 11.5. The number of esters is 1. The molecule has 0 atom stereocenters. The van der Waals surface area contributed by atoms with Gasteiger partial charge in [-0.15, -0.1) is 11.3 Å². The highest BCUT2D eigenvalue weighted by molar-refractivity contribution is 7.15. The third kappa shape index (κ3) is 6.30. The highest BCUT2D eigenvalue weighted by Gasteiger charge is 2.34. The Morgan fingerprint density at radius 3 is 2.48 bits per heavy atom. The molecule has 8 heteroatoms. The predicted molar refractivity (Wildman–Crippen MR) is 128 cm³/mol. The lowest BCUT2D eigenvalue weighted by Gasteiger charge is -2.31. The number of nitriles is 1. The van der Waals surface area contributed by atoms with Crippen molar-refractivity contribution in [2.45, 2.75) is 51.5 Å². The van der Waals surface area contributed by atoms with Crippen molar-refractivity contribution in [1.82, 2.24) is 5.32 Å². The van der Waals surface area contributed by atoms with Crippen LogP contribution in [-0.4, -0.2) is 29.9 Å². The van der Waals surface area contributed by atoms with Crippen LogP contribution in [0.4, 0.5) is 5.00 Å². The van der Waals surface area contributed by atoms with Gasteiger partial charge >= 0.3 is 5.97 Å². The zero-order valence-corrected chi connectivity index (χ0v) is 19.6. The van der Waals surface area contributed by atoms with Crippen LogP contribution in [0.3, 0.4) is 0 Å². The van der Waals surface area contributed by atoms with E-state index < -0.39 is 24.0 Å². The molecule has 7 nitrogen and oxygen atoms in total. The first-order valence-electron chi connectivity index (χ1n) is 10.9. The molecule has 0 aliphatic heterocycles. The smallest absolute Gasteiger partial charge is 0.342 e. The summed E-state index contributed by atoms with van der Waals surface area (Å²) in [5.74, 6) is -1.58. The maximum atomic E-state index is 13.0. The van der Waals surface area contributed by atoms with E-state index in [4.69, 9.17) is 4.74 Å². The quantitative estimate of drug-likeness (QED) is 0.450. The first-order chi connectivity index (χ1) is 15.8. The third-order valence-corrected chi connectivity index (χ3v) is 6.27. The summed E-state index contributed by atoms with van der Waals surface area (Å²) in [5, 5.41) is 17.2. The molecule has 33 heavy (non-hydrogen) atoms. The van der Waals surface area contributed by atoms with E-state index >= 15 is 0 Å². The lowest BCUT2D eigenvalue weighted by atomic mass is 9.83. The molecule has 1 saturated carbocycles. The van der Waals surface area contributed by atoms with Crippen LogP contribution in [0.5, 0.6) is 0 Å². The van der Waals surface area contributed by atoms with Crippen LogP contribution in [0.1, 0.15) is 56.3 Å². The van der Waals surface area contributed by atoms with E-state index in [1.54, 1.807) is 19.2 Å². The molecule has 1 aromatic heterocycles. The van der Waals surface area contributed by atoms with Crippen LogP contribution >= 0.6 is 11.3 Å². The van der Waals surface area contributed by atoms with Gasteiger partial charge in [0.1, 0.15) is 16.1 Å². The minimum atomic E-state index is -0.900. The van der Waals surface area contributed by atoms with Crippen molar-refractivity contribution in [3.8, 4) is 17.2 Å². The predicted octanol–water partition coefficient (Wildman–Crippen LogP) is 4.82. The van der Waals surface area contributed by atoms with Crippen molar-refractivity contribution in [3.05, 3.63) is 52.9 Å². The topological polar surface area (TPSA) is 108 Å². The number of amides is 2. The number of hydrogen-bond acceptors (Lipinski definition) is 6. The first-order valence-corrected chi connectivity index (χ1v) is 11.7.